The molecule has 1 aromatic rings. The Morgan fingerprint density at radius 2 is 1.92 bits per heavy atom. The van der Waals surface area contributed by atoms with Crippen molar-refractivity contribution in [3.05, 3.63) is 18.2 Å². The molecule has 1 aromatic carbocycles. The lowest BCUT2D eigenvalue weighted by atomic mass is 9.73. The largest absolute Gasteiger partial charge is 0.372 e. The van der Waals surface area contributed by atoms with E-state index in [9.17, 15) is 26.4 Å². The number of ketones is 1. The van der Waals surface area contributed by atoms with Crippen molar-refractivity contribution in [2.45, 2.75) is 56.3 Å². The lowest BCUT2D eigenvalue weighted by Gasteiger charge is -2.44. The van der Waals surface area contributed by atoms with Crippen molar-refractivity contribution < 1.29 is 31.2 Å². The summed E-state index contributed by atoms with van der Waals surface area (Å²) in [4.78, 5) is 28.8. The normalized spacial score (nSPS) is 30.6. The molecule has 3 saturated heterocycles. The van der Waals surface area contributed by atoms with Crippen molar-refractivity contribution in [2.75, 3.05) is 29.5 Å². The third kappa shape index (κ3) is 4.01. The van der Waals surface area contributed by atoms with Gasteiger partial charge in [0, 0.05) is 13.6 Å². The Bertz CT molecular complexity index is 1370. The number of hydrogen-bond donors (Lipinski definition) is 1. The number of carbonyl (C=O) groups is 2. The number of hydrogen-bond acceptors (Lipinski definition) is 8. The predicted molar refractivity (Wildman–Crippen MR) is 133 cm³/mol. The number of rotatable bonds is 6. The number of piperidine rings is 1. The monoisotopic (exact) mass is 538 g/mol. The van der Waals surface area contributed by atoms with Crippen LogP contribution in [0.25, 0.3) is 0 Å². The first kappa shape index (κ1) is 25.2. The highest BCUT2D eigenvalue weighted by molar-refractivity contribution is 7.92. The topological polar surface area (TPSA) is 143 Å². The standard InChI is InChI=1S/C23H30N4O7S2/c1-12(2)9-10-27-20-16-8-7-15(34-16)18(20)21(28)19(23(27)29)22-24-14-6-5-13(26(3)35(4,30)31)11-17(14)36(32,33)25-22/h5-6,11-12,15-16,18-20H,7-10H2,1-4H3,(H,24,25). The van der Waals surface area contributed by atoms with Crippen LogP contribution in [0.3, 0.4) is 0 Å². The quantitative estimate of drug-likeness (QED) is 0.533. The molecule has 1 N–H and O–H groups in total. The summed E-state index contributed by atoms with van der Waals surface area (Å²) >= 11 is 0. The van der Waals surface area contributed by atoms with Gasteiger partial charge in [0.05, 0.1) is 41.8 Å². The number of likely N-dealkylation sites (tertiary alicyclic amines) is 1. The van der Waals surface area contributed by atoms with E-state index in [2.05, 4.69) is 23.6 Å². The maximum absolute atomic E-state index is 13.7. The molecule has 1 amide bonds. The maximum Gasteiger partial charge on any atom is 0.286 e. The van der Waals surface area contributed by atoms with Crippen LogP contribution in [0.4, 0.5) is 11.4 Å². The van der Waals surface area contributed by atoms with E-state index in [0.29, 0.717) is 12.5 Å². The first-order valence-corrected chi connectivity index (χ1v) is 15.3. The van der Waals surface area contributed by atoms with Crippen LogP contribution in [0.1, 0.15) is 33.1 Å². The fraction of sp³-hybridized carbons (Fsp3) is 0.609. The summed E-state index contributed by atoms with van der Waals surface area (Å²) in [7, 11) is -6.62. The van der Waals surface area contributed by atoms with Crippen molar-refractivity contribution >= 4 is 48.9 Å². The van der Waals surface area contributed by atoms with Crippen LogP contribution in [-0.4, -0.2) is 77.4 Å². The average Bonchev–Trinajstić information content (AvgIpc) is 3.39. The van der Waals surface area contributed by atoms with E-state index in [4.69, 9.17) is 4.74 Å². The second-order valence-electron chi connectivity index (χ2n) is 10.3. The number of nitrogens with one attached hydrogen (secondary N) is 1. The Labute approximate surface area is 211 Å². The van der Waals surface area contributed by atoms with E-state index < -0.39 is 37.8 Å². The molecule has 0 radical (unpaired) electrons. The van der Waals surface area contributed by atoms with Crippen LogP contribution < -0.4 is 9.62 Å². The number of carbonyl (C=O) groups excluding carboxylic acids is 2. The number of amidine groups is 1. The number of amides is 1. The molecule has 11 nitrogen and oxygen atoms in total. The smallest absolute Gasteiger partial charge is 0.286 e. The Morgan fingerprint density at radius 3 is 2.58 bits per heavy atom. The number of fused-ring (bicyclic) bond motifs is 6. The molecule has 4 heterocycles. The Morgan fingerprint density at radius 1 is 1.22 bits per heavy atom. The van der Waals surface area contributed by atoms with Crippen LogP contribution in [0.15, 0.2) is 27.5 Å². The van der Waals surface area contributed by atoms with E-state index in [-0.39, 0.29) is 46.1 Å². The van der Waals surface area contributed by atoms with E-state index >= 15 is 0 Å². The van der Waals surface area contributed by atoms with Gasteiger partial charge in [-0.15, -0.1) is 4.40 Å². The molecule has 5 unspecified atom stereocenters. The molecule has 36 heavy (non-hydrogen) atoms. The number of sulfonamides is 2. The van der Waals surface area contributed by atoms with Gasteiger partial charge in [0.25, 0.3) is 10.0 Å². The lowest BCUT2D eigenvalue weighted by Crippen LogP contribution is -2.63. The zero-order valence-electron chi connectivity index (χ0n) is 20.5. The summed E-state index contributed by atoms with van der Waals surface area (Å²) in [5.74, 6) is -2.60. The van der Waals surface area contributed by atoms with Gasteiger partial charge in [-0.05, 0) is 43.4 Å². The van der Waals surface area contributed by atoms with E-state index in [0.717, 1.165) is 29.8 Å². The summed E-state index contributed by atoms with van der Waals surface area (Å²) in [6.07, 6.45) is 2.80. The van der Waals surface area contributed by atoms with Gasteiger partial charge in [0.15, 0.2) is 11.7 Å². The summed E-state index contributed by atoms with van der Waals surface area (Å²) in [5.41, 5.74) is 0.276. The van der Waals surface area contributed by atoms with Crippen molar-refractivity contribution in [1.29, 1.82) is 0 Å². The molecule has 0 spiro atoms. The summed E-state index contributed by atoms with van der Waals surface area (Å²) in [5, 5.41) is 2.89. The third-order valence-corrected chi connectivity index (χ3v) is 10.1. The highest BCUT2D eigenvalue weighted by atomic mass is 32.2. The molecule has 13 heteroatoms. The molecule has 3 fully saturated rings. The molecule has 5 rings (SSSR count). The molecular weight excluding hydrogens is 508 g/mol. The predicted octanol–water partition coefficient (Wildman–Crippen LogP) is 1.21. The Kier molecular flexibility index (Phi) is 5.95. The molecule has 0 aliphatic carbocycles. The summed E-state index contributed by atoms with van der Waals surface area (Å²) in [6.45, 7) is 4.56. The third-order valence-electron chi connectivity index (χ3n) is 7.54. The Hall–Kier alpha value is -2.51. The van der Waals surface area contributed by atoms with Gasteiger partial charge in [-0.3, -0.25) is 13.9 Å². The van der Waals surface area contributed by atoms with Crippen LogP contribution in [0, 0.1) is 17.8 Å². The zero-order valence-corrected chi connectivity index (χ0v) is 22.2. The second-order valence-corrected chi connectivity index (χ2v) is 13.9. The number of nitrogens with zero attached hydrogens (tertiary/aromatic N) is 3. The molecule has 4 aliphatic rings. The molecule has 2 bridgehead atoms. The molecular formula is C23H30N4O7S2. The van der Waals surface area contributed by atoms with Gasteiger partial charge in [0.1, 0.15) is 10.7 Å². The van der Waals surface area contributed by atoms with Gasteiger partial charge in [-0.25, -0.2) is 8.42 Å². The summed E-state index contributed by atoms with van der Waals surface area (Å²) in [6, 6.07) is 3.74. The van der Waals surface area contributed by atoms with Gasteiger partial charge >= 0.3 is 0 Å². The molecule has 5 atom stereocenters. The number of anilines is 2. The number of benzene rings is 1. The number of ether oxygens (including phenoxy) is 1. The average molecular weight is 539 g/mol. The van der Waals surface area contributed by atoms with Crippen molar-refractivity contribution in [3.8, 4) is 0 Å². The van der Waals surface area contributed by atoms with E-state index in [1.165, 1.54) is 25.2 Å². The van der Waals surface area contributed by atoms with Gasteiger partial charge < -0.3 is 15.0 Å². The van der Waals surface area contributed by atoms with Gasteiger partial charge in [-0.1, -0.05) is 13.8 Å². The van der Waals surface area contributed by atoms with Crippen molar-refractivity contribution in [2.24, 2.45) is 22.2 Å². The molecule has 0 aromatic heterocycles. The minimum Gasteiger partial charge on any atom is -0.372 e. The SMILES string of the molecule is CC(C)CCN1C(=O)C(C2=NS(=O)(=O)c3cc(N(C)S(C)(=O)=O)ccc3N2)C(=O)C2C3CCC(O3)C21. The lowest BCUT2D eigenvalue weighted by molar-refractivity contribution is -0.150. The highest BCUT2D eigenvalue weighted by Gasteiger charge is 2.62. The van der Waals surface area contributed by atoms with Crippen LogP contribution in [-0.2, 0) is 34.4 Å². The maximum atomic E-state index is 13.7. The molecule has 0 saturated carbocycles. The first-order valence-electron chi connectivity index (χ1n) is 12.0. The first-order chi connectivity index (χ1) is 16.8. The van der Waals surface area contributed by atoms with Crippen LogP contribution in [0.5, 0.6) is 0 Å². The minimum absolute atomic E-state index is 0.131. The van der Waals surface area contributed by atoms with Crippen LogP contribution in [0.2, 0.25) is 0 Å². The fourth-order valence-corrected chi connectivity index (χ4v) is 7.29. The fourth-order valence-electron chi connectivity index (χ4n) is 5.62. The Balaban J connectivity index is 1.52. The van der Waals surface area contributed by atoms with Gasteiger partial charge in [0.2, 0.25) is 15.9 Å². The minimum atomic E-state index is -4.31. The zero-order chi connectivity index (χ0) is 26.2. The number of Topliss-reactive ketones (excluding diaryl/α,β-unsaturated/α-hetero) is 1. The molecule has 196 valence electrons. The van der Waals surface area contributed by atoms with E-state index in [1.807, 2.05) is 0 Å². The highest BCUT2D eigenvalue weighted by Crippen LogP contribution is 2.47. The van der Waals surface area contributed by atoms with Crippen molar-refractivity contribution in [3.63, 3.8) is 0 Å². The van der Waals surface area contributed by atoms with Gasteiger partial charge in [-0.2, -0.15) is 8.42 Å². The van der Waals surface area contributed by atoms with Crippen molar-refractivity contribution in [1.82, 2.24) is 4.90 Å². The molecule has 4 aliphatic heterocycles. The van der Waals surface area contributed by atoms with E-state index in [1.54, 1.807) is 4.90 Å². The van der Waals surface area contributed by atoms with Crippen LogP contribution >= 0.6 is 0 Å². The summed E-state index contributed by atoms with van der Waals surface area (Å²) < 4.78 is 61.0. The second kappa shape index (κ2) is 8.52.